The van der Waals surface area contributed by atoms with E-state index in [1.807, 2.05) is 0 Å². The van der Waals surface area contributed by atoms with E-state index in [0.717, 1.165) is 12.6 Å². The maximum atomic E-state index is 13.0. The first-order chi connectivity index (χ1) is 9.94. The molecule has 1 aromatic rings. The van der Waals surface area contributed by atoms with Crippen molar-refractivity contribution in [3.63, 3.8) is 0 Å². The van der Waals surface area contributed by atoms with Crippen molar-refractivity contribution in [2.24, 2.45) is 5.92 Å². The first kappa shape index (κ1) is 14.0. The molecule has 21 heavy (non-hydrogen) atoms. The number of nitrogens with zero attached hydrogens (tertiary/aromatic N) is 3. The van der Waals surface area contributed by atoms with Crippen molar-refractivity contribution in [2.75, 3.05) is 24.6 Å². The summed E-state index contributed by atoms with van der Waals surface area (Å²) in [5.41, 5.74) is -0.257. The Balaban J connectivity index is 1.74. The van der Waals surface area contributed by atoms with Crippen LogP contribution in [-0.4, -0.2) is 46.7 Å². The fourth-order valence-electron chi connectivity index (χ4n) is 2.17. The first-order valence-corrected chi connectivity index (χ1v) is 6.80. The average Bonchev–Trinajstić information content (AvgIpc) is 3.20. The number of aromatic nitrogens is 2. The molecule has 1 aromatic heterocycles. The summed E-state index contributed by atoms with van der Waals surface area (Å²) in [5, 5.41) is 8.93. The molecule has 1 aliphatic heterocycles. The zero-order chi connectivity index (χ0) is 15.0. The largest absolute Gasteiger partial charge is 0.476 e. The van der Waals surface area contributed by atoms with Gasteiger partial charge in [0, 0.05) is 0 Å². The third-order valence-corrected chi connectivity index (χ3v) is 3.55. The van der Waals surface area contributed by atoms with Gasteiger partial charge >= 0.3 is 5.97 Å². The Bertz CT molecular complexity index is 556. The highest BCUT2D eigenvalue weighted by molar-refractivity contribution is 5.85. The third kappa shape index (κ3) is 3.20. The molecule has 2 heterocycles. The lowest BCUT2D eigenvalue weighted by Gasteiger charge is -2.39. The molecule has 1 aliphatic carbocycles. The summed E-state index contributed by atoms with van der Waals surface area (Å²) in [6.07, 6.45) is 4.27. The number of aromatic carboxylic acids is 1. The number of hydrogen-bond donors (Lipinski definition) is 1. The summed E-state index contributed by atoms with van der Waals surface area (Å²) in [6, 6.07) is 0. The van der Waals surface area contributed by atoms with Gasteiger partial charge in [0.25, 0.3) is 11.8 Å². The SMILES string of the molecule is O=C(O)c1cnc(N2CC(F)(F)C2)c(OCCC2CC2)n1. The summed E-state index contributed by atoms with van der Waals surface area (Å²) in [5.74, 6) is -3.11. The molecule has 8 heteroatoms. The molecular weight excluding hydrogens is 284 g/mol. The van der Waals surface area contributed by atoms with Crippen LogP contribution in [0.15, 0.2) is 6.20 Å². The van der Waals surface area contributed by atoms with Crippen LogP contribution in [0.25, 0.3) is 0 Å². The Morgan fingerprint density at radius 3 is 2.76 bits per heavy atom. The molecule has 0 atom stereocenters. The van der Waals surface area contributed by atoms with Gasteiger partial charge in [-0.1, -0.05) is 12.8 Å². The van der Waals surface area contributed by atoms with E-state index in [1.165, 1.54) is 17.7 Å². The second kappa shape index (κ2) is 5.09. The molecule has 2 aliphatic rings. The van der Waals surface area contributed by atoms with Crippen LogP contribution in [0.2, 0.25) is 0 Å². The van der Waals surface area contributed by atoms with Crippen LogP contribution >= 0.6 is 0 Å². The van der Waals surface area contributed by atoms with Crippen LogP contribution in [0, 0.1) is 5.92 Å². The molecule has 0 spiro atoms. The van der Waals surface area contributed by atoms with Gasteiger partial charge in [0.2, 0.25) is 0 Å². The molecule has 0 amide bonds. The summed E-state index contributed by atoms with van der Waals surface area (Å²) in [6.45, 7) is -0.514. The number of carbonyl (C=O) groups is 1. The van der Waals surface area contributed by atoms with Crippen LogP contribution in [0.1, 0.15) is 29.8 Å². The fraction of sp³-hybridized carbons (Fsp3) is 0.615. The lowest BCUT2D eigenvalue weighted by atomic mass is 10.1. The molecule has 0 unspecified atom stereocenters. The Morgan fingerprint density at radius 2 is 2.19 bits per heavy atom. The highest BCUT2D eigenvalue weighted by Gasteiger charge is 2.45. The van der Waals surface area contributed by atoms with Gasteiger partial charge in [-0.25, -0.2) is 23.5 Å². The van der Waals surface area contributed by atoms with E-state index in [9.17, 15) is 13.6 Å². The maximum absolute atomic E-state index is 13.0. The van der Waals surface area contributed by atoms with Gasteiger partial charge in [-0.2, -0.15) is 0 Å². The molecule has 6 nitrogen and oxygen atoms in total. The van der Waals surface area contributed by atoms with Crippen molar-refractivity contribution in [3.05, 3.63) is 11.9 Å². The quantitative estimate of drug-likeness (QED) is 0.863. The number of carboxylic acid groups (broad SMARTS) is 1. The number of anilines is 1. The van der Waals surface area contributed by atoms with Crippen LogP contribution in [0.4, 0.5) is 14.6 Å². The number of halogens is 2. The van der Waals surface area contributed by atoms with E-state index in [2.05, 4.69) is 9.97 Å². The van der Waals surface area contributed by atoms with E-state index in [-0.39, 0.29) is 17.4 Å². The van der Waals surface area contributed by atoms with Gasteiger partial charge in [0.05, 0.1) is 25.9 Å². The van der Waals surface area contributed by atoms with Crippen LogP contribution in [0.3, 0.4) is 0 Å². The van der Waals surface area contributed by atoms with Gasteiger partial charge in [0.1, 0.15) is 0 Å². The molecule has 0 aromatic carbocycles. The van der Waals surface area contributed by atoms with Crippen LogP contribution in [-0.2, 0) is 0 Å². The summed E-state index contributed by atoms with van der Waals surface area (Å²) in [4.78, 5) is 20.1. The second-order valence-electron chi connectivity index (χ2n) is 5.48. The van der Waals surface area contributed by atoms with Crippen molar-refractivity contribution in [1.29, 1.82) is 0 Å². The average molecular weight is 299 g/mol. The molecule has 1 saturated heterocycles. The topological polar surface area (TPSA) is 75.5 Å². The molecule has 0 radical (unpaired) electrons. The summed E-state index contributed by atoms with van der Waals surface area (Å²) >= 11 is 0. The maximum Gasteiger partial charge on any atom is 0.356 e. The number of alkyl halides is 2. The number of hydrogen-bond acceptors (Lipinski definition) is 5. The molecule has 3 rings (SSSR count). The Hall–Kier alpha value is -1.99. The minimum Gasteiger partial charge on any atom is -0.476 e. The van der Waals surface area contributed by atoms with E-state index < -0.39 is 25.0 Å². The summed E-state index contributed by atoms with van der Waals surface area (Å²) in [7, 11) is 0. The van der Waals surface area contributed by atoms with Crippen molar-refractivity contribution < 1.29 is 23.4 Å². The van der Waals surface area contributed by atoms with Gasteiger partial charge in [-0.05, 0) is 12.3 Å². The van der Waals surface area contributed by atoms with Gasteiger partial charge < -0.3 is 14.7 Å². The number of carboxylic acids is 1. The molecule has 1 N–H and O–H groups in total. The van der Waals surface area contributed by atoms with Crippen LogP contribution < -0.4 is 9.64 Å². The highest BCUT2D eigenvalue weighted by atomic mass is 19.3. The molecule has 1 saturated carbocycles. The van der Waals surface area contributed by atoms with Gasteiger partial charge in [-0.3, -0.25) is 0 Å². The zero-order valence-electron chi connectivity index (χ0n) is 11.3. The Labute approximate surface area is 119 Å². The van der Waals surface area contributed by atoms with E-state index in [4.69, 9.17) is 9.84 Å². The minimum atomic E-state index is -2.74. The van der Waals surface area contributed by atoms with Gasteiger partial charge in [-0.15, -0.1) is 0 Å². The predicted molar refractivity (Wildman–Crippen MR) is 69.0 cm³/mol. The molecule has 114 valence electrons. The Morgan fingerprint density at radius 1 is 1.48 bits per heavy atom. The normalized spacial score (nSPS) is 20.0. The van der Waals surface area contributed by atoms with E-state index in [1.54, 1.807) is 0 Å². The number of ether oxygens (including phenoxy) is 1. The third-order valence-electron chi connectivity index (χ3n) is 3.55. The standard InChI is InChI=1S/C13H15F2N3O3/c14-13(15)6-18(7-13)10-11(21-4-3-8-1-2-8)17-9(5-16-10)12(19)20/h5,8H,1-4,6-7H2,(H,19,20). The number of rotatable bonds is 6. The van der Waals surface area contributed by atoms with Crippen molar-refractivity contribution in [3.8, 4) is 5.88 Å². The molecular formula is C13H15F2N3O3. The first-order valence-electron chi connectivity index (χ1n) is 6.80. The van der Waals surface area contributed by atoms with Crippen molar-refractivity contribution >= 4 is 11.8 Å². The van der Waals surface area contributed by atoms with Crippen molar-refractivity contribution in [1.82, 2.24) is 9.97 Å². The predicted octanol–water partition coefficient (Wildman–Crippen LogP) is 1.81. The lowest BCUT2D eigenvalue weighted by Crippen LogP contribution is -2.56. The highest BCUT2D eigenvalue weighted by Crippen LogP contribution is 2.36. The smallest absolute Gasteiger partial charge is 0.356 e. The van der Waals surface area contributed by atoms with Crippen LogP contribution in [0.5, 0.6) is 5.88 Å². The van der Waals surface area contributed by atoms with E-state index in [0.29, 0.717) is 12.5 Å². The van der Waals surface area contributed by atoms with Crippen molar-refractivity contribution in [2.45, 2.75) is 25.2 Å². The Kier molecular flexibility index (Phi) is 3.38. The lowest BCUT2D eigenvalue weighted by molar-refractivity contribution is -0.0270. The second-order valence-corrected chi connectivity index (χ2v) is 5.48. The molecule has 2 fully saturated rings. The summed E-state index contributed by atoms with van der Waals surface area (Å²) < 4.78 is 31.4. The zero-order valence-corrected chi connectivity index (χ0v) is 11.3. The van der Waals surface area contributed by atoms with Gasteiger partial charge in [0.15, 0.2) is 11.5 Å². The fourth-order valence-corrected chi connectivity index (χ4v) is 2.17. The molecule has 0 bridgehead atoms. The van der Waals surface area contributed by atoms with E-state index >= 15 is 0 Å². The minimum absolute atomic E-state index is 0.0195. The monoisotopic (exact) mass is 299 g/mol.